The minimum Gasteiger partial charge on any atom is -0.191 e. The zero-order valence-corrected chi connectivity index (χ0v) is 6.91. The Bertz CT molecular complexity index is 326. The van der Waals surface area contributed by atoms with Gasteiger partial charge in [0.05, 0.1) is 0 Å². The molecule has 14 heavy (non-hydrogen) atoms. The minimum atomic E-state index is -5.58. The van der Waals surface area contributed by atoms with Gasteiger partial charge in [-0.25, -0.2) is 0 Å². The third-order valence-corrected chi connectivity index (χ3v) is 1.71. The van der Waals surface area contributed by atoms with E-state index < -0.39 is 17.7 Å². The number of benzene rings is 1. The van der Waals surface area contributed by atoms with Crippen LogP contribution in [0.1, 0.15) is 11.1 Å². The molecule has 0 saturated heterocycles. The van der Waals surface area contributed by atoms with Gasteiger partial charge in [-0.3, -0.25) is 0 Å². The van der Waals surface area contributed by atoms with Gasteiger partial charge in [0, 0.05) is 5.56 Å². The van der Waals surface area contributed by atoms with Crippen molar-refractivity contribution in [2.24, 2.45) is 0 Å². The summed E-state index contributed by atoms with van der Waals surface area (Å²) < 4.78 is 61.3. The van der Waals surface area contributed by atoms with Gasteiger partial charge in [0.15, 0.2) is 0 Å². The summed E-state index contributed by atoms with van der Waals surface area (Å²) in [7, 11) is 0. The monoisotopic (exact) mass is 209 g/mol. The second-order valence-corrected chi connectivity index (χ2v) is 2.73. The number of hydrogen-bond donors (Lipinski definition) is 0. The highest BCUT2D eigenvalue weighted by Gasteiger charge is 2.59. The normalized spacial score (nSPS) is 13.0. The topological polar surface area (TPSA) is 0 Å². The molecule has 0 saturated carbocycles. The van der Waals surface area contributed by atoms with E-state index >= 15 is 0 Å². The van der Waals surface area contributed by atoms with Gasteiger partial charge < -0.3 is 0 Å². The number of alkyl halides is 5. The average molecular weight is 209 g/mol. The average Bonchev–Trinajstić information content (AvgIpc) is 2.02. The molecule has 0 spiro atoms. The van der Waals surface area contributed by atoms with Crippen LogP contribution in [-0.4, -0.2) is 6.18 Å². The Hall–Kier alpha value is -1.13. The molecule has 1 rings (SSSR count). The van der Waals surface area contributed by atoms with Crippen molar-refractivity contribution in [3.05, 3.63) is 42.3 Å². The SMILES string of the molecule is [CH2]c1ccccc1C(F)(F)C(F)(F)F. The quantitative estimate of drug-likeness (QED) is 0.620. The lowest BCUT2D eigenvalue weighted by molar-refractivity contribution is -0.289. The molecule has 1 aromatic carbocycles. The molecule has 1 aromatic rings. The van der Waals surface area contributed by atoms with E-state index in [1.807, 2.05) is 0 Å². The lowest BCUT2D eigenvalue weighted by Crippen LogP contribution is -2.34. The van der Waals surface area contributed by atoms with E-state index in [0.29, 0.717) is 0 Å². The molecular weight excluding hydrogens is 203 g/mol. The fraction of sp³-hybridized carbons (Fsp3) is 0.222. The van der Waals surface area contributed by atoms with Crippen LogP contribution in [0.25, 0.3) is 0 Å². The van der Waals surface area contributed by atoms with Crippen molar-refractivity contribution < 1.29 is 22.0 Å². The second-order valence-electron chi connectivity index (χ2n) is 2.73. The van der Waals surface area contributed by atoms with Crippen LogP contribution >= 0.6 is 0 Å². The van der Waals surface area contributed by atoms with Crippen LogP contribution in [0.2, 0.25) is 0 Å². The highest BCUT2D eigenvalue weighted by Crippen LogP contribution is 2.44. The van der Waals surface area contributed by atoms with Gasteiger partial charge in [-0.1, -0.05) is 24.3 Å². The maximum Gasteiger partial charge on any atom is 0.458 e. The van der Waals surface area contributed by atoms with Crippen LogP contribution in [0.4, 0.5) is 22.0 Å². The van der Waals surface area contributed by atoms with E-state index in [0.717, 1.165) is 18.2 Å². The maximum absolute atomic E-state index is 12.8. The van der Waals surface area contributed by atoms with E-state index in [1.165, 1.54) is 6.07 Å². The molecule has 0 aliphatic heterocycles. The van der Waals surface area contributed by atoms with Crippen LogP contribution < -0.4 is 0 Å². The van der Waals surface area contributed by atoms with Crippen molar-refractivity contribution >= 4 is 0 Å². The third-order valence-electron chi connectivity index (χ3n) is 1.71. The molecular formula is C9H6F5. The van der Waals surface area contributed by atoms with Crippen LogP contribution in [0.15, 0.2) is 24.3 Å². The van der Waals surface area contributed by atoms with Gasteiger partial charge in [-0.05, 0) is 12.5 Å². The first-order chi connectivity index (χ1) is 6.27. The second kappa shape index (κ2) is 3.22. The van der Waals surface area contributed by atoms with Crippen LogP contribution in [-0.2, 0) is 5.92 Å². The summed E-state index contributed by atoms with van der Waals surface area (Å²) in [4.78, 5) is 0. The van der Waals surface area contributed by atoms with Gasteiger partial charge in [0.25, 0.3) is 0 Å². The predicted octanol–water partition coefficient (Wildman–Crippen LogP) is 3.52. The molecule has 0 N–H and O–H groups in total. The van der Waals surface area contributed by atoms with Crippen molar-refractivity contribution in [2.45, 2.75) is 12.1 Å². The molecule has 0 unspecified atom stereocenters. The molecule has 0 atom stereocenters. The number of rotatable bonds is 1. The molecule has 0 amide bonds. The Balaban J connectivity index is 3.23. The van der Waals surface area contributed by atoms with Gasteiger partial charge in [0.1, 0.15) is 0 Å². The number of halogens is 5. The molecule has 0 bridgehead atoms. The van der Waals surface area contributed by atoms with E-state index in [4.69, 9.17) is 0 Å². The summed E-state index contributed by atoms with van der Waals surface area (Å²) in [5.74, 6) is -4.84. The zero-order valence-electron chi connectivity index (χ0n) is 6.91. The highest BCUT2D eigenvalue weighted by molar-refractivity contribution is 5.33. The van der Waals surface area contributed by atoms with Crippen molar-refractivity contribution in [3.63, 3.8) is 0 Å². The molecule has 0 aliphatic rings. The molecule has 0 nitrogen and oxygen atoms in total. The maximum atomic E-state index is 12.8. The molecule has 5 heteroatoms. The third kappa shape index (κ3) is 1.71. The Morgan fingerprint density at radius 1 is 0.929 bits per heavy atom. The first kappa shape index (κ1) is 10.9. The predicted molar refractivity (Wildman–Crippen MR) is 40.9 cm³/mol. The first-order valence-corrected chi connectivity index (χ1v) is 3.63. The molecule has 0 aliphatic carbocycles. The Morgan fingerprint density at radius 2 is 1.43 bits per heavy atom. The summed E-state index contributed by atoms with van der Waals surface area (Å²) in [6.45, 7) is 3.12. The Labute approximate surface area is 77.4 Å². The summed E-state index contributed by atoms with van der Waals surface area (Å²) in [6, 6.07) is 4.28. The van der Waals surface area contributed by atoms with Crippen molar-refractivity contribution in [1.82, 2.24) is 0 Å². The van der Waals surface area contributed by atoms with Gasteiger partial charge >= 0.3 is 12.1 Å². The van der Waals surface area contributed by atoms with E-state index in [2.05, 4.69) is 6.92 Å². The van der Waals surface area contributed by atoms with Crippen molar-refractivity contribution in [3.8, 4) is 0 Å². The van der Waals surface area contributed by atoms with E-state index in [-0.39, 0.29) is 5.56 Å². The fourth-order valence-corrected chi connectivity index (χ4v) is 0.979. The zero-order chi connectivity index (χ0) is 11.0. The van der Waals surface area contributed by atoms with E-state index in [1.54, 1.807) is 0 Å². The molecule has 1 radical (unpaired) electrons. The first-order valence-electron chi connectivity index (χ1n) is 3.63. The van der Waals surface area contributed by atoms with Gasteiger partial charge in [0.2, 0.25) is 0 Å². The van der Waals surface area contributed by atoms with Crippen LogP contribution in [0, 0.1) is 6.92 Å². The Morgan fingerprint density at radius 3 is 1.86 bits per heavy atom. The fourth-order valence-electron chi connectivity index (χ4n) is 0.979. The summed E-state index contributed by atoms with van der Waals surface area (Å²) in [6.07, 6.45) is -5.58. The van der Waals surface area contributed by atoms with E-state index in [9.17, 15) is 22.0 Å². The van der Waals surface area contributed by atoms with Gasteiger partial charge in [-0.2, -0.15) is 22.0 Å². The molecule has 0 aromatic heterocycles. The van der Waals surface area contributed by atoms with Crippen LogP contribution in [0.3, 0.4) is 0 Å². The molecule has 77 valence electrons. The lowest BCUT2D eigenvalue weighted by Gasteiger charge is -2.21. The summed E-state index contributed by atoms with van der Waals surface area (Å²) in [5.41, 5.74) is -1.43. The summed E-state index contributed by atoms with van der Waals surface area (Å²) in [5, 5.41) is 0. The standard InChI is InChI=1S/C9H6F5/c1-6-4-2-3-5-7(6)8(10,11)9(12,13)14/h2-5H,1H2. The van der Waals surface area contributed by atoms with Crippen LogP contribution in [0.5, 0.6) is 0 Å². The molecule has 0 fully saturated rings. The van der Waals surface area contributed by atoms with Crippen molar-refractivity contribution in [2.75, 3.05) is 0 Å². The Kier molecular flexibility index (Phi) is 2.52. The smallest absolute Gasteiger partial charge is 0.191 e. The number of hydrogen-bond acceptors (Lipinski definition) is 0. The molecule has 0 heterocycles. The lowest BCUT2D eigenvalue weighted by atomic mass is 10.0. The largest absolute Gasteiger partial charge is 0.458 e. The minimum absolute atomic E-state index is 0.324. The highest BCUT2D eigenvalue weighted by atomic mass is 19.4. The summed E-state index contributed by atoms with van der Waals surface area (Å²) >= 11 is 0. The van der Waals surface area contributed by atoms with Gasteiger partial charge in [-0.15, -0.1) is 0 Å². The van der Waals surface area contributed by atoms with Crippen molar-refractivity contribution in [1.29, 1.82) is 0 Å².